The van der Waals surface area contributed by atoms with Gasteiger partial charge in [-0.15, -0.1) is 0 Å². The van der Waals surface area contributed by atoms with E-state index in [1.54, 1.807) is 18.2 Å². The van der Waals surface area contributed by atoms with Gasteiger partial charge in [0.15, 0.2) is 6.29 Å². The number of anilines is 1. The van der Waals surface area contributed by atoms with Gasteiger partial charge < -0.3 is 20.5 Å². The zero-order valence-electron chi connectivity index (χ0n) is 11.1. The zero-order chi connectivity index (χ0) is 14.3. The molecule has 106 valence electrons. The lowest BCUT2D eigenvalue weighted by atomic mass is 10.1. The highest BCUT2D eigenvalue weighted by atomic mass is 79.9. The van der Waals surface area contributed by atoms with E-state index in [0.29, 0.717) is 24.5 Å². The number of hydrogen-bond donors (Lipinski definition) is 2. The zero-order valence-corrected chi connectivity index (χ0v) is 12.7. The van der Waals surface area contributed by atoms with Crippen LogP contribution in [0.3, 0.4) is 0 Å². The van der Waals surface area contributed by atoms with Crippen LogP contribution >= 0.6 is 15.9 Å². The van der Waals surface area contributed by atoms with Gasteiger partial charge in [-0.1, -0.05) is 15.9 Å². The number of carbonyl (C=O) groups excluding carboxylic acids is 1. The van der Waals surface area contributed by atoms with Crippen molar-refractivity contribution in [2.45, 2.75) is 20.1 Å². The SMILES string of the molecule is CCOC(CNC(=O)c1cc(Br)ccc1N)OCC. The molecule has 0 unspecified atom stereocenters. The number of ether oxygens (including phenoxy) is 2. The van der Waals surface area contributed by atoms with Crippen LogP contribution in [0.2, 0.25) is 0 Å². The summed E-state index contributed by atoms with van der Waals surface area (Å²) in [5, 5.41) is 2.75. The van der Waals surface area contributed by atoms with E-state index in [2.05, 4.69) is 21.2 Å². The Balaban J connectivity index is 2.61. The standard InChI is InChI=1S/C13H19BrN2O3/c1-3-18-12(19-4-2)8-16-13(17)10-7-9(14)5-6-11(10)15/h5-7,12H,3-4,8,15H2,1-2H3,(H,16,17). The maximum Gasteiger partial charge on any atom is 0.253 e. The fraction of sp³-hybridized carbons (Fsp3) is 0.462. The molecule has 0 bridgehead atoms. The first-order valence-electron chi connectivity index (χ1n) is 6.14. The van der Waals surface area contributed by atoms with Gasteiger partial charge in [0.1, 0.15) is 0 Å². The highest BCUT2D eigenvalue weighted by Crippen LogP contribution is 2.18. The molecule has 0 aliphatic carbocycles. The monoisotopic (exact) mass is 330 g/mol. The Kier molecular flexibility index (Phi) is 6.83. The van der Waals surface area contributed by atoms with Crippen molar-refractivity contribution >= 4 is 27.5 Å². The molecule has 1 aromatic carbocycles. The third-order valence-corrected chi connectivity index (χ3v) is 2.89. The minimum atomic E-state index is -0.438. The average molecular weight is 331 g/mol. The predicted octanol–water partition coefficient (Wildman–Crippen LogP) is 2.16. The molecule has 19 heavy (non-hydrogen) atoms. The van der Waals surface area contributed by atoms with Gasteiger partial charge in [-0.05, 0) is 32.0 Å². The predicted molar refractivity (Wildman–Crippen MR) is 77.9 cm³/mol. The number of rotatable bonds is 7. The Morgan fingerprint density at radius 3 is 2.58 bits per heavy atom. The second kappa shape index (κ2) is 8.14. The number of nitrogen functional groups attached to an aromatic ring is 1. The summed E-state index contributed by atoms with van der Waals surface area (Å²) in [5.41, 5.74) is 6.64. The molecule has 3 N–H and O–H groups in total. The lowest BCUT2D eigenvalue weighted by Gasteiger charge is -2.17. The molecule has 0 atom stereocenters. The summed E-state index contributed by atoms with van der Waals surface area (Å²) in [5.74, 6) is -0.247. The Hall–Kier alpha value is -1.11. The summed E-state index contributed by atoms with van der Waals surface area (Å²) < 4.78 is 11.5. The summed E-state index contributed by atoms with van der Waals surface area (Å²) in [7, 11) is 0. The Labute approximate surface area is 121 Å². The van der Waals surface area contributed by atoms with Crippen LogP contribution in [0, 0.1) is 0 Å². The molecule has 0 spiro atoms. The first-order chi connectivity index (χ1) is 9.08. The third-order valence-electron chi connectivity index (χ3n) is 2.39. The molecule has 5 nitrogen and oxygen atoms in total. The maximum atomic E-state index is 12.0. The second-order valence-electron chi connectivity index (χ2n) is 3.78. The smallest absolute Gasteiger partial charge is 0.253 e. The van der Waals surface area contributed by atoms with Crippen molar-refractivity contribution in [3.8, 4) is 0 Å². The van der Waals surface area contributed by atoms with Crippen molar-refractivity contribution in [3.63, 3.8) is 0 Å². The van der Waals surface area contributed by atoms with Crippen LogP contribution in [0.5, 0.6) is 0 Å². The van der Waals surface area contributed by atoms with Crippen LogP contribution in [0.1, 0.15) is 24.2 Å². The third kappa shape index (κ3) is 5.18. The van der Waals surface area contributed by atoms with Crippen LogP contribution in [-0.4, -0.2) is 32.0 Å². The van der Waals surface area contributed by atoms with Gasteiger partial charge in [-0.25, -0.2) is 0 Å². The summed E-state index contributed by atoms with van der Waals surface area (Å²) in [6.07, 6.45) is -0.438. The molecule has 0 fully saturated rings. The second-order valence-corrected chi connectivity index (χ2v) is 4.70. The van der Waals surface area contributed by atoms with E-state index in [1.165, 1.54) is 0 Å². The largest absolute Gasteiger partial charge is 0.398 e. The minimum absolute atomic E-state index is 0.247. The maximum absolute atomic E-state index is 12.0. The van der Waals surface area contributed by atoms with E-state index >= 15 is 0 Å². The van der Waals surface area contributed by atoms with E-state index in [4.69, 9.17) is 15.2 Å². The van der Waals surface area contributed by atoms with Crippen molar-refractivity contribution in [1.82, 2.24) is 5.32 Å². The number of hydrogen-bond acceptors (Lipinski definition) is 4. The molecule has 0 aliphatic rings. The first-order valence-corrected chi connectivity index (χ1v) is 6.94. The molecule has 0 aliphatic heterocycles. The van der Waals surface area contributed by atoms with E-state index in [0.717, 1.165) is 4.47 Å². The molecular weight excluding hydrogens is 312 g/mol. The Morgan fingerprint density at radius 2 is 2.00 bits per heavy atom. The van der Waals surface area contributed by atoms with Crippen LogP contribution in [0.15, 0.2) is 22.7 Å². The fourth-order valence-corrected chi connectivity index (χ4v) is 1.90. The normalized spacial score (nSPS) is 10.7. The fourth-order valence-electron chi connectivity index (χ4n) is 1.53. The molecule has 0 aromatic heterocycles. The van der Waals surface area contributed by atoms with Crippen molar-refractivity contribution < 1.29 is 14.3 Å². The number of carbonyl (C=O) groups is 1. The van der Waals surface area contributed by atoms with Crippen molar-refractivity contribution in [2.75, 3.05) is 25.5 Å². The van der Waals surface area contributed by atoms with E-state index in [9.17, 15) is 4.79 Å². The Morgan fingerprint density at radius 1 is 1.37 bits per heavy atom. The molecule has 0 heterocycles. The molecule has 0 saturated carbocycles. The highest BCUT2D eigenvalue weighted by Gasteiger charge is 2.13. The molecule has 6 heteroatoms. The van der Waals surface area contributed by atoms with Gasteiger partial charge in [0.05, 0.1) is 12.1 Å². The topological polar surface area (TPSA) is 73.6 Å². The van der Waals surface area contributed by atoms with Crippen LogP contribution in [0.25, 0.3) is 0 Å². The number of halogens is 1. The molecule has 1 amide bonds. The van der Waals surface area contributed by atoms with Gasteiger partial charge in [0, 0.05) is 23.4 Å². The lowest BCUT2D eigenvalue weighted by Crippen LogP contribution is -2.35. The summed E-state index contributed by atoms with van der Waals surface area (Å²) >= 11 is 3.31. The van der Waals surface area contributed by atoms with Gasteiger partial charge in [0.25, 0.3) is 5.91 Å². The molecule has 0 radical (unpaired) electrons. The minimum Gasteiger partial charge on any atom is -0.398 e. The van der Waals surface area contributed by atoms with E-state index < -0.39 is 6.29 Å². The van der Waals surface area contributed by atoms with Crippen LogP contribution in [-0.2, 0) is 9.47 Å². The van der Waals surface area contributed by atoms with Gasteiger partial charge in [0.2, 0.25) is 0 Å². The first kappa shape index (κ1) is 15.9. The van der Waals surface area contributed by atoms with Crippen molar-refractivity contribution in [1.29, 1.82) is 0 Å². The summed E-state index contributed by atoms with van der Waals surface area (Å²) in [6.45, 7) is 5.09. The average Bonchev–Trinajstić information content (AvgIpc) is 2.39. The molecular formula is C13H19BrN2O3. The lowest BCUT2D eigenvalue weighted by molar-refractivity contribution is -0.131. The van der Waals surface area contributed by atoms with E-state index in [1.807, 2.05) is 13.8 Å². The molecule has 0 saturated heterocycles. The van der Waals surface area contributed by atoms with Crippen molar-refractivity contribution in [3.05, 3.63) is 28.2 Å². The van der Waals surface area contributed by atoms with Gasteiger partial charge in [-0.3, -0.25) is 4.79 Å². The van der Waals surface area contributed by atoms with E-state index in [-0.39, 0.29) is 12.5 Å². The number of nitrogens with two attached hydrogens (primary N) is 1. The van der Waals surface area contributed by atoms with Gasteiger partial charge in [-0.2, -0.15) is 0 Å². The summed E-state index contributed by atoms with van der Waals surface area (Å²) in [6, 6.07) is 5.15. The summed E-state index contributed by atoms with van der Waals surface area (Å²) in [4.78, 5) is 12.0. The van der Waals surface area contributed by atoms with Crippen LogP contribution in [0.4, 0.5) is 5.69 Å². The van der Waals surface area contributed by atoms with Crippen molar-refractivity contribution in [2.24, 2.45) is 0 Å². The number of nitrogens with one attached hydrogen (secondary N) is 1. The molecule has 1 aromatic rings. The Bertz CT molecular complexity index is 420. The number of benzene rings is 1. The van der Waals surface area contributed by atoms with Crippen LogP contribution < -0.4 is 11.1 Å². The highest BCUT2D eigenvalue weighted by molar-refractivity contribution is 9.10. The molecule has 1 rings (SSSR count). The number of amides is 1. The van der Waals surface area contributed by atoms with Gasteiger partial charge >= 0.3 is 0 Å². The quantitative estimate of drug-likeness (QED) is 0.593.